The fraction of sp³-hybridized carbons (Fsp3) is 0.375. The predicted octanol–water partition coefficient (Wildman–Crippen LogP) is 5.04. The first kappa shape index (κ1) is 13.2. The third-order valence-electron chi connectivity index (χ3n) is 3.43. The van der Waals surface area contributed by atoms with Gasteiger partial charge in [0.2, 0.25) is 0 Å². The van der Waals surface area contributed by atoms with Gasteiger partial charge in [-0.3, -0.25) is 0 Å². The monoisotopic (exact) mass is 262 g/mol. The van der Waals surface area contributed by atoms with E-state index in [1.165, 1.54) is 16.7 Å². The van der Waals surface area contributed by atoms with Crippen molar-refractivity contribution < 1.29 is 4.42 Å². The average Bonchev–Trinajstić information content (AvgIpc) is 2.53. The lowest BCUT2D eigenvalue weighted by atomic mass is 10.00. The maximum atomic E-state index is 6.56. The molecular weight excluding hydrogens is 244 g/mol. The molecule has 1 unspecified atom stereocenters. The molecule has 0 N–H and O–H groups in total. The number of benzene rings is 1. The maximum absolute atomic E-state index is 6.56. The Kier molecular flexibility index (Phi) is 3.82. The minimum absolute atomic E-state index is 0.0238. The summed E-state index contributed by atoms with van der Waals surface area (Å²) in [5, 5.41) is -0.0238. The Labute approximate surface area is 114 Å². The molecule has 0 aliphatic heterocycles. The molecule has 1 nitrogen and oxygen atoms in total. The highest BCUT2D eigenvalue weighted by molar-refractivity contribution is 6.21. The second-order valence-electron chi connectivity index (χ2n) is 4.91. The van der Waals surface area contributed by atoms with Crippen molar-refractivity contribution in [2.24, 2.45) is 0 Å². The second kappa shape index (κ2) is 5.19. The van der Waals surface area contributed by atoms with E-state index in [4.69, 9.17) is 16.0 Å². The van der Waals surface area contributed by atoms with Crippen molar-refractivity contribution in [3.05, 3.63) is 58.0 Å². The lowest BCUT2D eigenvalue weighted by Gasteiger charge is -2.10. The van der Waals surface area contributed by atoms with Crippen LogP contribution in [0.3, 0.4) is 0 Å². The quantitative estimate of drug-likeness (QED) is 0.707. The van der Waals surface area contributed by atoms with E-state index in [9.17, 15) is 0 Å². The van der Waals surface area contributed by atoms with Crippen molar-refractivity contribution in [2.45, 2.75) is 39.5 Å². The minimum atomic E-state index is -0.0238. The normalized spacial score (nSPS) is 12.7. The van der Waals surface area contributed by atoms with E-state index in [1.54, 1.807) is 0 Å². The van der Waals surface area contributed by atoms with E-state index in [-0.39, 0.29) is 5.38 Å². The van der Waals surface area contributed by atoms with Crippen LogP contribution in [0, 0.1) is 27.7 Å². The topological polar surface area (TPSA) is 13.1 Å². The number of aryl methyl sites for hydroxylation is 3. The second-order valence-corrected chi connectivity index (χ2v) is 5.44. The highest BCUT2D eigenvalue weighted by atomic mass is 35.5. The number of halogens is 1. The summed E-state index contributed by atoms with van der Waals surface area (Å²) >= 11 is 6.56. The zero-order valence-corrected chi connectivity index (χ0v) is 12.1. The number of rotatable bonds is 3. The summed E-state index contributed by atoms with van der Waals surface area (Å²) in [6, 6.07) is 8.49. The molecule has 1 aromatic heterocycles. The van der Waals surface area contributed by atoms with Crippen LogP contribution in [0.5, 0.6) is 0 Å². The molecule has 18 heavy (non-hydrogen) atoms. The summed E-state index contributed by atoms with van der Waals surface area (Å²) in [5.74, 6) is 1.91. The first-order chi connectivity index (χ1) is 8.49. The van der Waals surface area contributed by atoms with Crippen molar-refractivity contribution in [3.63, 3.8) is 0 Å². The van der Waals surface area contributed by atoms with E-state index < -0.39 is 0 Å². The van der Waals surface area contributed by atoms with Crippen LogP contribution in [0.2, 0.25) is 0 Å². The molecule has 0 spiro atoms. The van der Waals surface area contributed by atoms with Gasteiger partial charge >= 0.3 is 0 Å². The van der Waals surface area contributed by atoms with Gasteiger partial charge in [-0.05, 0) is 45.2 Å². The molecule has 0 fully saturated rings. The molecule has 1 atom stereocenters. The largest absolute Gasteiger partial charge is 0.466 e. The Morgan fingerprint density at radius 1 is 1.11 bits per heavy atom. The van der Waals surface area contributed by atoms with Gasteiger partial charge < -0.3 is 4.42 Å². The summed E-state index contributed by atoms with van der Waals surface area (Å²) < 4.78 is 5.64. The summed E-state index contributed by atoms with van der Waals surface area (Å²) in [6.07, 6.45) is 0.837. The summed E-state index contributed by atoms with van der Waals surface area (Å²) in [5.41, 5.74) is 4.87. The van der Waals surface area contributed by atoms with Crippen molar-refractivity contribution in [1.29, 1.82) is 0 Å². The van der Waals surface area contributed by atoms with Crippen LogP contribution >= 0.6 is 11.6 Å². The molecule has 2 heteroatoms. The highest BCUT2D eigenvalue weighted by Gasteiger charge is 2.19. The fourth-order valence-corrected chi connectivity index (χ4v) is 2.91. The molecule has 1 aromatic carbocycles. The Bertz CT molecular complexity index is 554. The molecule has 2 aromatic rings. The van der Waals surface area contributed by atoms with E-state index in [0.717, 1.165) is 23.5 Å². The first-order valence-electron chi connectivity index (χ1n) is 6.25. The number of hydrogen-bond donors (Lipinski definition) is 0. The van der Waals surface area contributed by atoms with Crippen molar-refractivity contribution >= 4 is 11.6 Å². The summed E-state index contributed by atoms with van der Waals surface area (Å²) in [4.78, 5) is 0. The molecule has 2 rings (SSSR count). The highest BCUT2D eigenvalue weighted by Crippen LogP contribution is 2.33. The van der Waals surface area contributed by atoms with Gasteiger partial charge in [-0.25, -0.2) is 0 Å². The molecule has 0 amide bonds. The third-order valence-corrected chi connectivity index (χ3v) is 3.80. The van der Waals surface area contributed by atoms with Gasteiger partial charge in [0.05, 0.1) is 5.38 Å². The number of hydrogen-bond acceptors (Lipinski definition) is 1. The van der Waals surface area contributed by atoms with Crippen LogP contribution < -0.4 is 0 Å². The van der Waals surface area contributed by atoms with Gasteiger partial charge in [0.15, 0.2) is 0 Å². The van der Waals surface area contributed by atoms with Crippen LogP contribution in [0.1, 0.15) is 39.2 Å². The molecule has 0 saturated carbocycles. The van der Waals surface area contributed by atoms with Crippen molar-refractivity contribution in [2.75, 3.05) is 0 Å². The van der Waals surface area contributed by atoms with E-state index in [0.29, 0.717) is 0 Å². The zero-order chi connectivity index (χ0) is 13.3. The smallest absolute Gasteiger partial charge is 0.106 e. The zero-order valence-electron chi connectivity index (χ0n) is 11.4. The molecule has 0 aliphatic rings. The lowest BCUT2D eigenvalue weighted by molar-refractivity contribution is 0.499. The lowest BCUT2D eigenvalue weighted by Crippen LogP contribution is -1.98. The molecule has 1 heterocycles. The van der Waals surface area contributed by atoms with Gasteiger partial charge in [-0.2, -0.15) is 0 Å². The first-order valence-corrected chi connectivity index (χ1v) is 6.68. The molecule has 0 bridgehead atoms. The molecule has 0 radical (unpaired) electrons. The molecule has 0 saturated heterocycles. The van der Waals surface area contributed by atoms with E-state index >= 15 is 0 Å². The summed E-state index contributed by atoms with van der Waals surface area (Å²) in [6.45, 7) is 8.15. The van der Waals surface area contributed by atoms with Crippen LogP contribution in [-0.4, -0.2) is 0 Å². The molecular formula is C16H19ClO. The van der Waals surface area contributed by atoms with E-state index in [1.807, 2.05) is 13.8 Å². The Hall–Kier alpha value is -1.21. The Morgan fingerprint density at radius 2 is 1.83 bits per heavy atom. The number of alkyl halides is 1. The number of furan rings is 1. The van der Waals surface area contributed by atoms with Crippen LogP contribution in [-0.2, 0) is 6.42 Å². The standard InChI is InChI=1S/C16H19ClO/c1-10-6-5-7-14(8-10)9-15(17)16-11(2)12(3)18-13(16)4/h5-8,15H,9H2,1-4H3. The van der Waals surface area contributed by atoms with Crippen LogP contribution in [0.4, 0.5) is 0 Å². The van der Waals surface area contributed by atoms with E-state index in [2.05, 4.69) is 38.1 Å². The van der Waals surface area contributed by atoms with Crippen LogP contribution in [0.25, 0.3) is 0 Å². The third kappa shape index (κ3) is 2.62. The maximum Gasteiger partial charge on any atom is 0.106 e. The fourth-order valence-electron chi connectivity index (χ4n) is 2.42. The van der Waals surface area contributed by atoms with Crippen LogP contribution in [0.15, 0.2) is 28.7 Å². The van der Waals surface area contributed by atoms with Crippen molar-refractivity contribution in [3.8, 4) is 0 Å². The minimum Gasteiger partial charge on any atom is -0.466 e. The predicted molar refractivity (Wildman–Crippen MR) is 76.4 cm³/mol. The average molecular weight is 263 g/mol. The SMILES string of the molecule is Cc1cccc(CC(Cl)c2c(C)oc(C)c2C)c1. The van der Waals surface area contributed by atoms with Gasteiger partial charge in [0.25, 0.3) is 0 Å². The van der Waals surface area contributed by atoms with Crippen molar-refractivity contribution in [1.82, 2.24) is 0 Å². The molecule has 0 aliphatic carbocycles. The Balaban J connectivity index is 2.24. The van der Waals surface area contributed by atoms with Gasteiger partial charge in [-0.1, -0.05) is 29.8 Å². The summed E-state index contributed by atoms with van der Waals surface area (Å²) in [7, 11) is 0. The van der Waals surface area contributed by atoms with Gasteiger partial charge in [0.1, 0.15) is 11.5 Å². The van der Waals surface area contributed by atoms with Gasteiger partial charge in [0, 0.05) is 5.56 Å². The van der Waals surface area contributed by atoms with Gasteiger partial charge in [-0.15, -0.1) is 11.6 Å². The Morgan fingerprint density at radius 3 is 2.39 bits per heavy atom. The molecule has 96 valence electrons.